The fraction of sp³-hybridized carbons (Fsp3) is 0.647. The van der Waals surface area contributed by atoms with Crippen LogP contribution in [0, 0.1) is 5.92 Å². The lowest BCUT2D eigenvalue weighted by atomic mass is 9.98. The van der Waals surface area contributed by atoms with Gasteiger partial charge in [-0.2, -0.15) is 0 Å². The molecule has 2 rings (SSSR count). The highest BCUT2D eigenvalue weighted by atomic mass is 16.5. The normalized spacial score (nSPS) is 22.1. The van der Waals surface area contributed by atoms with Crippen LogP contribution in [0.15, 0.2) is 12.1 Å². The van der Waals surface area contributed by atoms with Crippen LogP contribution in [-0.2, 0) is 0 Å². The van der Waals surface area contributed by atoms with E-state index in [1.165, 1.54) is 0 Å². The Kier molecular flexibility index (Phi) is 5.53. The standard InChI is InChI=1S/C17H28N2O3/c1-11(2)22-17-8-15(20-4)13(7-16(17)21-5)14-6-12(9-18)10-19(14)3/h7-8,11-12,14H,6,9-10,18H2,1-5H3. The van der Waals surface area contributed by atoms with Gasteiger partial charge in [0.2, 0.25) is 0 Å². The monoisotopic (exact) mass is 308 g/mol. The third-order valence-electron chi connectivity index (χ3n) is 4.21. The fourth-order valence-corrected chi connectivity index (χ4v) is 3.14. The molecule has 1 aromatic rings. The molecule has 0 saturated carbocycles. The van der Waals surface area contributed by atoms with Crippen LogP contribution in [0.2, 0.25) is 0 Å². The van der Waals surface area contributed by atoms with E-state index in [1.807, 2.05) is 26.0 Å². The third kappa shape index (κ3) is 3.47. The maximum Gasteiger partial charge on any atom is 0.165 e. The van der Waals surface area contributed by atoms with Crippen molar-refractivity contribution in [3.05, 3.63) is 17.7 Å². The molecule has 0 aromatic heterocycles. The molecule has 1 saturated heterocycles. The SMILES string of the molecule is COc1cc(C2CC(CN)CN2C)c(OC)cc1OC(C)C. The van der Waals surface area contributed by atoms with Gasteiger partial charge in [-0.1, -0.05) is 0 Å². The van der Waals surface area contributed by atoms with Crippen LogP contribution in [0.5, 0.6) is 17.2 Å². The van der Waals surface area contributed by atoms with Gasteiger partial charge in [-0.05, 0) is 45.8 Å². The molecule has 5 heteroatoms. The highest BCUT2D eigenvalue weighted by molar-refractivity contribution is 5.52. The number of nitrogens with two attached hydrogens (primary N) is 1. The first-order valence-electron chi connectivity index (χ1n) is 7.83. The van der Waals surface area contributed by atoms with Crippen LogP contribution in [0.25, 0.3) is 0 Å². The zero-order chi connectivity index (χ0) is 16.3. The number of benzene rings is 1. The van der Waals surface area contributed by atoms with E-state index in [-0.39, 0.29) is 6.10 Å². The van der Waals surface area contributed by atoms with Crippen LogP contribution >= 0.6 is 0 Å². The van der Waals surface area contributed by atoms with Gasteiger partial charge in [0.1, 0.15) is 5.75 Å². The summed E-state index contributed by atoms with van der Waals surface area (Å²) in [4.78, 5) is 2.33. The van der Waals surface area contributed by atoms with E-state index >= 15 is 0 Å². The van der Waals surface area contributed by atoms with Crippen LogP contribution < -0.4 is 19.9 Å². The summed E-state index contributed by atoms with van der Waals surface area (Å²) in [5.41, 5.74) is 6.97. The van der Waals surface area contributed by atoms with E-state index in [0.29, 0.717) is 17.7 Å². The highest BCUT2D eigenvalue weighted by Crippen LogP contribution is 2.43. The number of likely N-dealkylation sites (tertiary alicyclic amines) is 1. The molecule has 1 fully saturated rings. The van der Waals surface area contributed by atoms with Gasteiger partial charge in [0.25, 0.3) is 0 Å². The summed E-state index contributed by atoms with van der Waals surface area (Å²) in [5, 5.41) is 0. The summed E-state index contributed by atoms with van der Waals surface area (Å²) >= 11 is 0. The topological polar surface area (TPSA) is 57.0 Å². The van der Waals surface area contributed by atoms with Gasteiger partial charge in [-0.15, -0.1) is 0 Å². The summed E-state index contributed by atoms with van der Waals surface area (Å²) < 4.78 is 16.9. The molecule has 22 heavy (non-hydrogen) atoms. The predicted octanol–water partition coefficient (Wildman–Crippen LogP) is 2.44. The minimum atomic E-state index is 0.0835. The molecule has 124 valence electrons. The fourth-order valence-electron chi connectivity index (χ4n) is 3.14. The summed E-state index contributed by atoms with van der Waals surface area (Å²) in [6.07, 6.45) is 1.12. The second kappa shape index (κ2) is 7.20. The van der Waals surface area contributed by atoms with Gasteiger partial charge in [0.05, 0.1) is 20.3 Å². The Hall–Kier alpha value is -1.46. The van der Waals surface area contributed by atoms with Gasteiger partial charge in [-0.25, -0.2) is 0 Å². The van der Waals surface area contributed by atoms with Crippen molar-refractivity contribution in [2.45, 2.75) is 32.4 Å². The van der Waals surface area contributed by atoms with Crippen LogP contribution in [0.4, 0.5) is 0 Å². The van der Waals surface area contributed by atoms with Crippen LogP contribution in [-0.4, -0.2) is 45.4 Å². The van der Waals surface area contributed by atoms with Crippen LogP contribution in [0.1, 0.15) is 31.9 Å². The largest absolute Gasteiger partial charge is 0.496 e. The van der Waals surface area contributed by atoms with Gasteiger partial charge in [0, 0.05) is 24.2 Å². The summed E-state index contributed by atoms with van der Waals surface area (Å²) in [7, 11) is 5.49. The quantitative estimate of drug-likeness (QED) is 0.875. The van der Waals surface area contributed by atoms with E-state index in [1.54, 1.807) is 14.2 Å². The Bertz CT molecular complexity index is 505. The Morgan fingerprint density at radius 3 is 2.36 bits per heavy atom. The minimum Gasteiger partial charge on any atom is -0.496 e. The lowest BCUT2D eigenvalue weighted by molar-refractivity contribution is 0.227. The molecule has 1 aliphatic rings. The van der Waals surface area contributed by atoms with E-state index in [0.717, 1.165) is 36.6 Å². The number of hydrogen-bond donors (Lipinski definition) is 1. The molecular formula is C17H28N2O3. The smallest absolute Gasteiger partial charge is 0.165 e. The van der Waals surface area contributed by atoms with Crippen molar-refractivity contribution in [3.63, 3.8) is 0 Å². The molecule has 2 N–H and O–H groups in total. The van der Waals surface area contributed by atoms with Gasteiger partial charge < -0.3 is 19.9 Å². The number of hydrogen-bond acceptors (Lipinski definition) is 5. The molecule has 1 heterocycles. The first-order valence-corrected chi connectivity index (χ1v) is 7.83. The Morgan fingerprint density at radius 2 is 1.86 bits per heavy atom. The lowest BCUT2D eigenvalue weighted by Crippen LogP contribution is -2.21. The van der Waals surface area contributed by atoms with Crippen molar-refractivity contribution in [1.29, 1.82) is 0 Å². The molecule has 1 aromatic carbocycles. The second-order valence-corrected chi connectivity index (χ2v) is 6.20. The third-order valence-corrected chi connectivity index (χ3v) is 4.21. The average molecular weight is 308 g/mol. The Morgan fingerprint density at radius 1 is 1.18 bits per heavy atom. The van der Waals surface area contributed by atoms with Gasteiger partial charge in [0.15, 0.2) is 11.5 Å². The lowest BCUT2D eigenvalue weighted by Gasteiger charge is -2.24. The first-order chi connectivity index (χ1) is 10.5. The van der Waals surface area contributed by atoms with E-state index in [9.17, 15) is 0 Å². The predicted molar refractivity (Wildman–Crippen MR) is 87.8 cm³/mol. The maximum atomic E-state index is 5.84. The van der Waals surface area contributed by atoms with Crippen molar-refractivity contribution in [3.8, 4) is 17.2 Å². The summed E-state index contributed by atoms with van der Waals surface area (Å²) in [6, 6.07) is 4.26. The van der Waals surface area contributed by atoms with Crippen molar-refractivity contribution in [2.24, 2.45) is 11.7 Å². The van der Waals surface area contributed by atoms with Crippen LogP contribution in [0.3, 0.4) is 0 Å². The molecule has 1 aliphatic heterocycles. The summed E-state index contributed by atoms with van der Waals surface area (Å²) in [5.74, 6) is 2.83. The molecule has 0 bridgehead atoms. The average Bonchev–Trinajstić information content (AvgIpc) is 2.87. The Labute approximate surface area is 133 Å². The van der Waals surface area contributed by atoms with Crippen molar-refractivity contribution in [1.82, 2.24) is 4.90 Å². The van der Waals surface area contributed by atoms with Crippen molar-refractivity contribution >= 4 is 0 Å². The van der Waals surface area contributed by atoms with E-state index < -0.39 is 0 Å². The number of ether oxygens (including phenoxy) is 3. The molecule has 2 atom stereocenters. The second-order valence-electron chi connectivity index (χ2n) is 6.20. The van der Waals surface area contributed by atoms with Gasteiger partial charge in [-0.3, -0.25) is 4.90 Å². The first kappa shape index (κ1) is 16.9. The molecule has 5 nitrogen and oxygen atoms in total. The summed E-state index contributed by atoms with van der Waals surface area (Å²) in [6.45, 7) is 5.72. The highest BCUT2D eigenvalue weighted by Gasteiger charge is 2.32. The molecule has 0 amide bonds. The molecular weight excluding hydrogens is 280 g/mol. The molecule has 2 unspecified atom stereocenters. The number of rotatable bonds is 6. The van der Waals surface area contributed by atoms with Crippen molar-refractivity contribution < 1.29 is 14.2 Å². The number of methoxy groups -OCH3 is 2. The number of nitrogens with zero attached hydrogens (tertiary/aromatic N) is 1. The van der Waals surface area contributed by atoms with E-state index in [4.69, 9.17) is 19.9 Å². The zero-order valence-corrected chi connectivity index (χ0v) is 14.3. The zero-order valence-electron chi connectivity index (χ0n) is 14.3. The molecule has 0 aliphatic carbocycles. The molecule has 0 radical (unpaired) electrons. The van der Waals surface area contributed by atoms with Gasteiger partial charge >= 0.3 is 0 Å². The Balaban J connectivity index is 2.38. The minimum absolute atomic E-state index is 0.0835. The van der Waals surface area contributed by atoms with E-state index in [2.05, 4.69) is 11.9 Å². The maximum absolute atomic E-state index is 5.84. The van der Waals surface area contributed by atoms with Crippen molar-refractivity contribution in [2.75, 3.05) is 34.4 Å². The molecule has 0 spiro atoms.